The van der Waals surface area contributed by atoms with E-state index in [1.54, 1.807) is 24.3 Å². The molecule has 0 aliphatic rings. The summed E-state index contributed by atoms with van der Waals surface area (Å²) in [5.74, 6) is -0.728. The molecule has 124 valence electrons. The Morgan fingerprint density at radius 2 is 1.21 bits per heavy atom. The molecule has 2 nitrogen and oxygen atoms in total. The molecule has 0 aromatic heterocycles. The molecule has 0 spiro atoms. The van der Waals surface area contributed by atoms with E-state index >= 15 is 0 Å². The first-order chi connectivity index (χ1) is 11.4. The first-order valence-corrected chi connectivity index (χ1v) is 9.42. The monoisotopic (exact) mass is 458 g/mol. The molecule has 0 aliphatic carbocycles. The molecule has 0 heterocycles. The van der Waals surface area contributed by atoms with Crippen LogP contribution >= 0.6 is 22.6 Å². The van der Waals surface area contributed by atoms with E-state index < -0.39 is 15.7 Å². The quantitative estimate of drug-likeness (QED) is 0.502. The number of hydrogen-bond acceptors (Lipinski definition) is 2. The molecule has 0 amide bonds. The fraction of sp³-hybridized carbons (Fsp3) is 0. The van der Waals surface area contributed by atoms with E-state index in [9.17, 15) is 17.2 Å². The Balaban J connectivity index is 0.000000219. The molecule has 6 heteroatoms. The zero-order valence-corrected chi connectivity index (χ0v) is 15.3. The Kier molecular flexibility index (Phi) is 6.44. The maximum Gasteiger partial charge on any atom is 0.206 e. The lowest BCUT2D eigenvalue weighted by molar-refractivity contribution is 0.591. The van der Waals surface area contributed by atoms with Gasteiger partial charge in [-0.3, -0.25) is 0 Å². The van der Waals surface area contributed by atoms with Crippen molar-refractivity contribution in [2.75, 3.05) is 0 Å². The van der Waals surface area contributed by atoms with Crippen LogP contribution in [0.15, 0.2) is 88.7 Å². The Hall–Kier alpha value is -1.80. The van der Waals surface area contributed by atoms with Crippen LogP contribution in [0.5, 0.6) is 0 Å². The lowest BCUT2D eigenvalue weighted by Crippen LogP contribution is -2.01. The van der Waals surface area contributed by atoms with Crippen molar-refractivity contribution in [2.24, 2.45) is 0 Å². The van der Waals surface area contributed by atoms with Crippen LogP contribution < -0.4 is 0 Å². The van der Waals surface area contributed by atoms with Gasteiger partial charge in [-0.05, 0) is 71.1 Å². The SMILES string of the molecule is Fc1cccc(I)c1.O=S(=O)(c1ccccc1)c1cccc(F)c1. The lowest BCUT2D eigenvalue weighted by Gasteiger charge is -2.03. The van der Waals surface area contributed by atoms with Gasteiger partial charge in [-0.2, -0.15) is 0 Å². The summed E-state index contributed by atoms with van der Waals surface area (Å²) < 4.78 is 50.1. The molecule has 0 atom stereocenters. The minimum atomic E-state index is -3.60. The lowest BCUT2D eigenvalue weighted by atomic mass is 10.3. The third kappa shape index (κ3) is 5.10. The van der Waals surface area contributed by atoms with Crippen molar-refractivity contribution in [2.45, 2.75) is 9.79 Å². The summed E-state index contributed by atoms with van der Waals surface area (Å²) in [6.07, 6.45) is 0. The average molecular weight is 458 g/mol. The summed E-state index contributed by atoms with van der Waals surface area (Å²) in [6, 6.07) is 19.4. The van der Waals surface area contributed by atoms with Crippen LogP contribution in [-0.4, -0.2) is 8.42 Å². The smallest absolute Gasteiger partial charge is 0.206 e. The van der Waals surface area contributed by atoms with E-state index in [0.717, 1.165) is 9.64 Å². The predicted molar refractivity (Wildman–Crippen MR) is 97.4 cm³/mol. The van der Waals surface area contributed by atoms with Crippen molar-refractivity contribution >= 4 is 32.4 Å². The Morgan fingerprint density at radius 1 is 0.667 bits per heavy atom. The highest BCUT2D eigenvalue weighted by Crippen LogP contribution is 2.20. The van der Waals surface area contributed by atoms with Gasteiger partial charge in [-0.15, -0.1) is 0 Å². The van der Waals surface area contributed by atoms with Gasteiger partial charge >= 0.3 is 0 Å². The molecule has 3 aromatic rings. The van der Waals surface area contributed by atoms with Crippen LogP contribution in [0.1, 0.15) is 0 Å². The van der Waals surface area contributed by atoms with E-state index in [4.69, 9.17) is 0 Å². The second-order valence-electron chi connectivity index (χ2n) is 4.71. The zero-order chi connectivity index (χ0) is 17.6. The summed E-state index contributed by atoms with van der Waals surface area (Å²) in [4.78, 5) is 0.138. The molecule has 3 rings (SSSR count). The summed E-state index contributed by atoms with van der Waals surface area (Å²) in [5.41, 5.74) is 0. The maximum absolute atomic E-state index is 12.9. The molecular weight excluding hydrogens is 445 g/mol. The van der Waals surface area contributed by atoms with Crippen molar-refractivity contribution in [3.8, 4) is 0 Å². The van der Waals surface area contributed by atoms with Gasteiger partial charge in [0.05, 0.1) is 9.79 Å². The average Bonchev–Trinajstić information content (AvgIpc) is 2.56. The van der Waals surface area contributed by atoms with Crippen molar-refractivity contribution < 1.29 is 17.2 Å². The minimum Gasteiger partial charge on any atom is -0.219 e. The van der Waals surface area contributed by atoms with Gasteiger partial charge in [0, 0.05) is 3.57 Å². The molecule has 0 saturated heterocycles. The molecule has 0 saturated carbocycles. The summed E-state index contributed by atoms with van der Waals surface area (Å²) in [7, 11) is -3.60. The van der Waals surface area contributed by atoms with E-state index in [2.05, 4.69) is 22.6 Å². The van der Waals surface area contributed by atoms with Crippen LogP contribution in [-0.2, 0) is 9.84 Å². The van der Waals surface area contributed by atoms with E-state index in [1.165, 1.54) is 42.5 Å². The van der Waals surface area contributed by atoms with Crippen LogP contribution in [0.4, 0.5) is 8.78 Å². The largest absolute Gasteiger partial charge is 0.219 e. The molecular formula is C18H13F2IO2S. The molecule has 0 unspecified atom stereocenters. The van der Waals surface area contributed by atoms with Gasteiger partial charge in [0.1, 0.15) is 11.6 Å². The van der Waals surface area contributed by atoms with Gasteiger partial charge in [-0.25, -0.2) is 17.2 Å². The molecule has 0 aliphatic heterocycles. The number of benzene rings is 3. The van der Waals surface area contributed by atoms with Crippen molar-refractivity contribution in [3.05, 3.63) is 94.1 Å². The number of hydrogen-bond donors (Lipinski definition) is 0. The van der Waals surface area contributed by atoms with Gasteiger partial charge in [0.25, 0.3) is 0 Å². The first-order valence-electron chi connectivity index (χ1n) is 6.86. The van der Waals surface area contributed by atoms with Crippen molar-refractivity contribution in [3.63, 3.8) is 0 Å². The second kappa shape index (κ2) is 8.34. The summed E-state index contributed by atoms with van der Waals surface area (Å²) in [5, 5.41) is 0. The fourth-order valence-electron chi connectivity index (χ4n) is 1.83. The Labute approximate surface area is 153 Å². The van der Waals surface area contributed by atoms with E-state index in [0.29, 0.717) is 0 Å². The third-order valence-electron chi connectivity index (χ3n) is 2.95. The van der Waals surface area contributed by atoms with Crippen molar-refractivity contribution in [1.29, 1.82) is 0 Å². The highest BCUT2D eigenvalue weighted by Gasteiger charge is 2.17. The predicted octanol–water partition coefficient (Wildman–Crippen LogP) is 5.09. The molecule has 3 aromatic carbocycles. The Bertz CT molecular complexity index is 896. The van der Waals surface area contributed by atoms with E-state index in [-0.39, 0.29) is 15.6 Å². The molecule has 0 radical (unpaired) electrons. The topological polar surface area (TPSA) is 34.1 Å². The van der Waals surface area contributed by atoms with Gasteiger partial charge in [-0.1, -0.05) is 30.3 Å². The first kappa shape index (κ1) is 18.5. The maximum atomic E-state index is 12.9. The van der Waals surface area contributed by atoms with E-state index in [1.807, 2.05) is 6.07 Å². The zero-order valence-electron chi connectivity index (χ0n) is 12.4. The second-order valence-corrected chi connectivity index (χ2v) is 7.91. The van der Waals surface area contributed by atoms with Crippen LogP contribution in [0.2, 0.25) is 0 Å². The third-order valence-corrected chi connectivity index (χ3v) is 5.38. The van der Waals surface area contributed by atoms with Gasteiger partial charge in [0.15, 0.2) is 0 Å². The number of halogens is 3. The fourth-order valence-corrected chi connectivity index (χ4v) is 3.65. The normalized spacial score (nSPS) is 10.6. The Morgan fingerprint density at radius 3 is 1.71 bits per heavy atom. The highest BCUT2D eigenvalue weighted by atomic mass is 127. The molecule has 24 heavy (non-hydrogen) atoms. The standard InChI is InChI=1S/C12H9FO2S.C6H4FI/c13-10-5-4-8-12(9-10)16(14,15)11-6-2-1-3-7-11;7-5-2-1-3-6(8)4-5/h1-9H;1-4H. The number of rotatable bonds is 2. The summed E-state index contributed by atoms with van der Waals surface area (Å²) in [6.45, 7) is 0. The van der Waals surface area contributed by atoms with Crippen LogP contribution in [0, 0.1) is 15.2 Å². The molecule has 0 fully saturated rings. The highest BCUT2D eigenvalue weighted by molar-refractivity contribution is 14.1. The van der Waals surface area contributed by atoms with Gasteiger partial charge in [0.2, 0.25) is 9.84 Å². The van der Waals surface area contributed by atoms with Crippen molar-refractivity contribution in [1.82, 2.24) is 0 Å². The van der Waals surface area contributed by atoms with Crippen LogP contribution in [0.3, 0.4) is 0 Å². The molecule has 0 N–H and O–H groups in total. The van der Waals surface area contributed by atoms with Gasteiger partial charge < -0.3 is 0 Å². The summed E-state index contributed by atoms with van der Waals surface area (Å²) >= 11 is 2.07. The minimum absolute atomic E-state index is 0.0290. The number of sulfone groups is 1. The molecule has 0 bridgehead atoms. The van der Waals surface area contributed by atoms with Crippen LogP contribution in [0.25, 0.3) is 0 Å².